The minimum absolute atomic E-state index is 0.163. The zero-order chi connectivity index (χ0) is 9.45. The molecule has 0 rings (SSSR count). The summed E-state index contributed by atoms with van der Waals surface area (Å²) in [6.45, 7) is -0.925. The third-order valence-corrected chi connectivity index (χ3v) is 2.43. The minimum Gasteiger partial charge on any atom is -0.394 e. The van der Waals surface area contributed by atoms with Gasteiger partial charge in [-0.1, -0.05) is 0 Å². The molecule has 0 saturated carbocycles. The van der Waals surface area contributed by atoms with Gasteiger partial charge in [-0.25, -0.2) is 0 Å². The molecule has 0 heterocycles. The summed E-state index contributed by atoms with van der Waals surface area (Å²) in [5.41, 5.74) is 0. The maximum Gasteiger partial charge on any atom is 0.355 e. The highest BCUT2D eigenvalue weighted by Gasteiger charge is 2.22. The molecular formula is C5H13O6P. The van der Waals surface area contributed by atoms with E-state index in [-0.39, 0.29) is 26.4 Å². The largest absolute Gasteiger partial charge is 0.394 e. The summed E-state index contributed by atoms with van der Waals surface area (Å²) in [5.74, 6) is 0. The number of hydrogen-bond acceptors (Lipinski definition) is 6. The fraction of sp³-hybridized carbons (Fsp3) is 1.00. The molecule has 3 N–H and O–H groups in total. The van der Waals surface area contributed by atoms with Crippen LogP contribution in [0.25, 0.3) is 0 Å². The lowest BCUT2D eigenvalue weighted by atomic mass is 10.8. The van der Waals surface area contributed by atoms with Gasteiger partial charge in [0.25, 0.3) is 0 Å². The summed E-state index contributed by atoms with van der Waals surface area (Å²) < 4.78 is 20.3. The molecule has 0 aromatic carbocycles. The molecule has 74 valence electrons. The minimum atomic E-state index is -3.50. The molecule has 0 aliphatic heterocycles. The van der Waals surface area contributed by atoms with Crippen molar-refractivity contribution in [2.75, 3.05) is 32.8 Å². The van der Waals surface area contributed by atoms with Crippen LogP contribution < -0.4 is 0 Å². The van der Waals surface area contributed by atoms with E-state index in [0.717, 1.165) is 0 Å². The summed E-state index contributed by atoms with van der Waals surface area (Å²) in [7, 11) is -3.50. The van der Waals surface area contributed by atoms with E-state index in [9.17, 15) is 4.57 Å². The summed E-state index contributed by atoms with van der Waals surface area (Å²) in [4.78, 5) is 0. The van der Waals surface area contributed by atoms with Crippen molar-refractivity contribution in [3.05, 3.63) is 0 Å². The summed E-state index contributed by atoms with van der Waals surface area (Å²) in [5, 5.41) is 25.2. The van der Waals surface area contributed by atoms with Gasteiger partial charge in [0.2, 0.25) is 0 Å². The first kappa shape index (κ1) is 12.0. The van der Waals surface area contributed by atoms with Crippen molar-refractivity contribution in [3.63, 3.8) is 0 Å². The van der Waals surface area contributed by atoms with E-state index in [0.29, 0.717) is 0 Å². The molecule has 0 aliphatic carbocycles. The molecule has 0 aliphatic rings. The maximum atomic E-state index is 11.2. The Bertz CT molecular complexity index is 137. The zero-order valence-electron chi connectivity index (χ0n) is 6.55. The van der Waals surface area contributed by atoms with Crippen LogP contribution in [-0.4, -0.2) is 48.1 Å². The van der Waals surface area contributed by atoms with E-state index >= 15 is 0 Å². The Labute approximate surface area is 70.3 Å². The van der Waals surface area contributed by atoms with Gasteiger partial charge in [-0.3, -0.25) is 4.57 Å². The molecule has 0 bridgehead atoms. The molecule has 0 atom stereocenters. The molecule has 0 amide bonds. The van der Waals surface area contributed by atoms with Gasteiger partial charge in [0.05, 0.1) is 26.4 Å². The first-order valence-electron chi connectivity index (χ1n) is 3.39. The summed E-state index contributed by atoms with van der Waals surface area (Å²) >= 11 is 0. The van der Waals surface area contributed by atoms with Crippen LogP contribution in [-0.2, 0) is 13.6 Å². The quantitative estimate of drug-likeness (QED) is 0.463. The molecular weight excluding hydrogens is 187 g/mol. The highest BCUT2D eigenvalue weighted by Crippen LogP contribution is 2.46. The molecule has 0 unspecified atom stereocenters. The van der Waals surface area contributed by atoms with Gasteiger partial charge in [0.1, 0.15) is 6.35 Å². The smallest absolute Gasteiger partial charge is 0.355 e. The Kier molecular flexibility index (Phi) is 6.55. The average Bonchev–Trinajstić information content (AvgIpc) is 2.11. The number of aliphatic hydroxyl groups is 3. The van der Waals surface area contributed by atoms with Gasteiger partial charge in [-0.2, -0.15) is 0 Å². The van der Waals surface area contributed by atoms with Crippen LogP contribution in [0.1, 0.15) is 0 Å². The van der Waals surface area contributed by atoms with E-state index in [4.69, 9.17) is 15.3 Å². The lowest BCUT2D eigenvalue weighted by molar-refractivity contribution is 0.129. The van der Waals surface area contributed by atoms with E-state index in [1.807, 2.05) is 0 Å². The molecule has 0 spiro atoms. The molecule has 0 saturated heterocycles. The summed E-state index contributed by atoms with van der Waals surface area (Å²) in [6.07, 6.45) is -0.757. The van der Waals surface area contributed by atoms with Crippen molar-refractivity contribution in [2.45, 2.75) is 0 Å². The highest BCUT2D eigenvalue weighted by atomic mass is 31.2. The number of hydrogen-bond donors (Lipinski definition) is 3. The monoisotopic (exact) mass is 200 g/mol. The van der Waals surface area contributed by atoms with Crippen molar-refractivity contribution in [1.82, 2.24) is 0 Å². The Balaban J connectivity index is 3.79. The second kappa shape index (κ2) is 6.54. The maximum absolute atomic E-state index is 11.2. The first-order valence-corrected chi connectivity index (χ1v) is 5.12. The molecule has 12 heavy (non-hydrogen) atoms. The Morgan fingerprint density at radius 3 is 1.67 bits per heavy atom. The Morgan fingerprint density at radius 2 is 1.42 bits per heavy atom. The SMILES string of the molecule is O=P(CO)(OCCO)OCCO. The highest BCUT2D eigenvalue weighted by molar-refractivity contribution is 7.53. The zero-order valence-corrected chi connectivity index (χ0v) is 7.44. The van der Waals surface area contributed by atoms with Crippen molar-refractivity contribution >= 4 is 7.60 Å². The predicted molar refractivity (Wildman–Crippen MR) is 40.8 cm³/mol. The van der Waals surface area contributed by atoms with Crippen molar-refractivity contribution < 1.29 is 28.9 Å². The van der Waals surface area contributed by atoms with Gasteiger partial charge < -0.3 is 24.4 Å². The molecule has 6 nitrogen and oxygen atoms in total. The van der Waals surface area contributed by atoms with E-state index < -0.39 is 13.9 Å². The first-order chi connectivity index (χ1) is 5.68. The normalized spacial score (nSPS) is 11.9. The third-order valence-electron chi connectivity index (χ3n) is 0.932. The van der Waals surface area contributed by atoms with Crippen LogP contribution in [0.3, 0.4) is 0 Å². The lowest BCUT2D eigenvalue weighted by Crippen LogP contribution is -2.06. The van der Waals surface area contributed by atoms with Crippen molar-refractivity contribution in [3.8, 4) is 0 Å². The van der Waals surface area contributed by atoms with Gasteiger partial charge in [-0.15, -0.1) is 0 Å². The standard InChI is InChI=1S/C5H13O6P/c6-1-3-10-12(9,5-8)11-4-2-7/h6-8H,1-5H2. The van der Waals surface area contributed by atoms with Crippen LogP contribution in [0.2, 0.25) is 0 Å². The lowest BCUT2D eigenvalue weighted by Gasteiger charge is -2.14. The number of rotatable bonds is 7. The molecule has 0 aromatic rings. The number of aliphatic hydroxyl groups excluding tert-OH is 3. The molecule has 0 aromatic heterocycles. The topological polar surface area (TPSA) is 96.2 Å². The predicted octanol–water partition coefficient (Wildman–Crippen LogP) is -0.853. The molecule has 0 radical (unpaired) electrons. The van der Waals surface area contributed by atoms with Gasteiger partial charge in [-0.05, 0) is 0 Å². The van der Waals surface area contributed by atoms with Gasteiger partial charge in [0, 0.05) is 0 Å². The molecule has 0 fully saturated rings. The Hall–Kier alpha value is 0.0300. The average molecular weight is 200 g/mol. The second-order valence-electron chi connectivity index (χ2n) is 1.87. The van der Waals surface area contributed by atoms with E-state index in [2.05, 4.69) is 9.05 Å². The fourth-order valence-electron chi connectivity index (χ4n) is 0.479. The van der Waals surface area contributed by atoms with Crippen LogP contribution in [0.5, 0.6) is 0 Å². The van der Waals surface area contributed by atoms with Crippen LogP contribution in [0.15, 0.2) is 0 Å². The second-order valence-corrected chi connectivity index (χ2v) is 3.89. The molecule has 7 heteroatoms. The van der Waals surface area contributed by atoms with Crippen LogP contribution in [0.4, 0.5) is 0 Å². The van der Waals surface area contributed by atoms with Crippen molar-refractivity contribution in [1.29, 1.82) is 0 Å². The third kappa shape index (κ3) is 4.82. The summed E-state index contributed by atoms with van der Waals surface area (Å²) in [6, 6.07) is 0. The van der Waals surface area contributed by atoms with Gasteiger partial charge >= 0.3 is 7.60 Å². The van der Waals surface area contributed by atoms with Crippen molar-refractivity contribution in [2.24, 2.45) is 0 Å². The van der Waals surface area contributed by atoms with Gasteiger partial charge in [0.15, 0.2) is 0 Å². The van der Waals surface area contributed by atoms with Crippen LogP contribution in [0, 0.1) is 0 Å². The van der Waals surface area contributed by atoms with E-state index in [1.54, 1.807) is 0 Å². The Morgan fingerprint density at radius 1 is 1.00 bits per heavy atom. The van der Waals surface area contributed by atoms with E-state index in [1.165, 1.54) is 0 Å². The fourth-order valence-corrected chi connectivity index (χ4v) is 1.44. The van der Waals surface area contributed by atoms with Crippen LogP contribution >= 0.6 is 7.60 Å².